The molecule has 5 nitrogen and oxygen atoms in total. The zero-order chi connectivity index (χ0) is 21.3. The van der Waals surface area contributed by atoms with Gasteiger partial charge in [-0.05, 0) is 32.6 Å². The van der Waals surface area contributed by atoms with E-state index >= 15 is 0 Å². The van der Waals surface area contributed by atoms with Gasteiger partial charge in [0.05, 0.1) is 0 Å². The summed E-state index contributed by atoms with van der Waals surface area (Å²) in [5, 5.41) is 0. The first kappa shape index (κ1) is 24.2. The molecule has 0 aromatic heterocycles. The molecule has 0 atom stereocenters. The number of hydrogen-bond acceptors (Lipinski definition) is 5. The van der Waals surface area contributed by atoms with Gasteiger partial charge in [-0.1, -0.05) is 34.3 Å². The van der Waals surface area contributed by atoms with Crippen LogP contribution >= 0.6 is 0 Å². The molecule has 1 saturated heterocycles. The standard InChI is InChI=1S/C18H28FN5.2C2H6/c1-13(2)22-6-8-23(9-7-22)16-10-15(11-16)12-24-5-4-21-18(19)17(24)14(3)20;2*1-2/h4-5,15-16H,1,6-12,20H2,2-3H3;2*1-2H3/b17-14-;;. The van der Waals surface area contributed by atoms with Crippen molar-refractivity contribution in [3.63, 3.8) is 0 Å². The van der Waals surface area contributed by atoms with Crippen LogP contribution in [0.25, 0.3) is 0 Å². The largest absolute Gasteiger partial charge is 0.400 e. The maximum atomic E-state index is 13.9. The van der Waals surface area contributed by atoms with Crippen LogP contribution in [-0.4, -0.2) is 59.4 Å². The summed E-state index contributed by atoms with van der Waals surface area (Å²) < 4.78 is 13.9. The minimum atomic E-state index is -0.482. The van der Waals surface area contributed by atoms with Gasteiger partial charge in [0.15, 0.2) is 0 Å². The Kier molecular flexibility index (Phi) is 10.3. The Balaban J connectivity index is 0.000000921. The van der Waals surface area contributed by atoms with Crippen LogP contribution in [0.4, 0.5) is 4.39 Å². The monoisotopic (exact) mass is 393 g/mol. The molecule has 0 aromatic rings. The van der Waals surface area contributed by atoms with Gasteiger partial charge in [-0.2, -0.15) is 4.39 Å². The molecule has 2 fully saturated rings. The van der Waals surface area contributed by atoms with E-state index in [0.29, 0.717) is 23.4 Å². The lowest BCUT2D eigenvalue weighted by Gasteiger charge is -2.48. The fourth-order valence-corrected chi connectivity index (χ4v) is 3.87. The van der Waals surface area contributed by atoms with Gasteiger partial charge in [0.25, 0.3) is 0 Å². The molecule has 0 unspecified atom stereocenters. The quantitative estimate of drug-likeness (QED) is 0.773. The molecule has 3 aliphatic rings. The third kappa shape index (κ3) is 6.09. The Bertz CT molecular complexity index is 578. The third-order valence-corrected chi connectivity index (χ3v) is 5.33. The van der Waals surface area contributed by atoms with E-state index in [9.17, 15) is 4.39 Å². The van der Waals surface area contributed by atoms with Gasteiger partial charge in [0.2, 0.25) is 5.97 Å². The lowest BCUT2D eigenvalue weighted by molar-refractivity contribution is 0.0362. The van der Waals surface area contributed by atoms with Crippen molar-refractivity contribution in [1.29, 1.82) is 0 Å². The molecule has 0 spiro atoms. The Morgan fingerprint density at radius 1 is 1.14 bits per heavy atom. The van der Waals surface area contributed by atoms with Crippen LogP contribution in [0.5, 0.6) is 0 Å². The molecule has 3 rings (SSSR count). The molecule has 6 heteroatoms. The lowest BCUT2D eigenvalue weighted by atomic mass is 9.78. The van der Waals surface area contributed by atoms with E-state index in [2.05, 4.69) is 28.3 Å². The molecule has 2 N–H and O–H groups in total. The fraction of sp³-hybridized carbons (Fsp3) is 0.682. The summed E-state index contributed by atoms with van der Waals surface area (Å²) in [5.74, 6) is 0.100. The van der Waals surface area contributed by atoms with Crippen molar-refractivity contribution in [2.75, 3.05) is 32.7 Å². The van der Waals surface area contributed by atoms with E-state index in [4.69, 9.17) is 5.73 Å². The molecule has 28 heavy (non-hydrogen) atoms. The van der Waals surface area contributed by atoms with Gasteiger partial charge in [0, 0.05) is 62.6 Å². The number of nitrogens with two attached hydrogens (primary N) is 1. The number of nitrogens with zero attached hydrogens (tertiary/aromatic N) is 4. The summed E-state index contributed by atoms with van der Waals surface area (Å²) in [6, 6.07) is 0.668. The summed E-state index contributed by atoms with van der Waals surface area (Å²) in [6.07, 6.45) is 5.68. The maximum Gasteiger partial charge on any atom is 0.238 e. The van der Waals surface area contributed by atoms with Crippen LogP contribution < -0.4 is 5.73 Å². The predicted molar refractivity (Wildman–Crippen MR) is 118 cm³/mol. The second-order valence-corrected chi connectivity index (χ2v) is 7.15. The molecule has 1 saturated carbocycles. The number of halogens is 1. The molecule has 2 aliphatic heterocycles. The summed E-state index contributed by atoms with van der Waals surface area (Å²) in [7, 11) is 0. The van der Waals surface area contributed by atoms with Crippen molar-refractivity contribution >= 4 is 5.97 Å². The minimum absolute atomic E-state index is 0.427. The fourth-order valence-electron chi connectivity index (χ4n) is 3.87. The van der Waals surface area contributed by atoms with E-state index in [0.717, 1.165) is 38.4 Å². The van der Waals surface area contributed by atoms with Crippen LogP contribution in [0, 0.1) is 5.92 Å². The van der Waals surface area contributed by atoms with E-state index in [1.807, 2.05) is 38.8 Å². The van der Waals surface area contributed by atoms with Gasteiger partial charge < -0.3 is 15.5 Å². The molecule has 0 amide bonds. The number of aliphatic imine (C=N–C) groups is 1. The number of rotatable bonds is 4. The second-order valence-electron chi connectivity index (χ2n) is 7.15. The summed E-state index contributed by atoms with van der Waals surface area (Å²) in [5.41, 5.74) is 7.90. The van der Waals surface area contributed by atoms with Gasteiger partial charge >= 0.3 is 0 Å². The van der Waals surface area contributed by atoms with E-state index in [-0.39, 0.29) is 0 Å². The molecule has 0 radical (unpaired) electrons. The molecule has 1 aliphatic carbocycles. The Labute approximate surface area is 171 Å². The smallest absolute Gasteiger partial charge is 0.238 e. The molecule has 2 heterocycles. The van der Waals surface area contributed by atoms with Crippen molar-refractivity contribution in [3.05, 3.63) is 36.1 Å². The predicted octanol–water partition coefficient (Wildman–Crippen LogP) is 4.31. The molecule has 0 bridgehead atoms. The van der Waals surface area contributed by atoms with Gasteiger partial charge in [0.1, 0.15) is 5.70 Å². The number of piperazine rings is 1. The average Bonchev–Trinajstić information content (AvgIpc) is 2.67. The van der Waals surface area contributed by atoms with E-state index in [1.165, 1.54) is 19.0 Å². The third-order valence-electron chi connectivity index (χ3n) is 5.33. The summed E-state index contributed by atoms with van der Waals surface area (Å²) in [6.45, 7) is 21.0. The van der Waals surface area contributed by atoms with Crippen LogP contribution in [0.2, 0.25) is 0 Å². The summed E-state index contributed by atoms with van der Waals surface area (Å²) >= 11 is 0. The molecule has 160 valence electrons. The Morgan fingerprint density at radius 3 is 2.21 bits per heavy atom. The molecule has 0 aromatic carbocycles. The van der Waals surface area contributed by atoms with Crippen molar-refractivity contribution in [1.82, 2.24) is 14.7 Å². The highest BCUT2D eigenvalue weighted by atomic mass is 19.1. The molecular weight excluding hydrogens is 353 g/mol. The van der Waals surface area contributed by atoms with Gasteiger partial charge in [-0.15, -0.1) is 0 Å². The second kappa shape index (κ2) is 11.9. The van der Waals surface area contributed by atoms with E-state index < -0.39 is 5.97 Å². The highest BCUT2D eigenvalue weighted by Crippen LogP contribution is 2.34. The first-order valence-corrected chi connectivity index (χ1v) is 10.7. The van der Waals surface area contributed by atoms with Crippen molar-refractivity contribution in [3.8, 4) is 0 Å². The highest BCUT2D eigenvalue weighted by molar-refractivity contribution is 5.93. The summed E-state index contributed by atoms with van der Waals surface area (Å²) in [4.78, 5) is 10.6. The topological polar surface area (TPSA) is 48.1 Å². The van der Waals surface area contributed by atoms with Crippen LogP contribution in [-0.2, 0) is 0 Å². The van der Waals surface area contributed by atoms with Crippen LogP contribution in [0.1, 0.15) is 54.4 Å². The normalized spacial score (nSPS) is 26.2. The number of hydrogen-bond donors (Lipinski definition) is 1. The first-order valence-electron chi connectivity index (χ1n) is 10.7. The van der Waals surface area contributed by atoms with Crippen molar-refractivity contribution in [2.45, 2.75) is 60.4 Å². The van der Waals surface area contributed by atoms with E-state index in [1.54, 1.807) is 6.92 Å². The zero-order valence-corrected chi connectivity index (χ0v) is 18.7. The average molecular weight is 394 g/mol. The minimum Gasteiger partial charge on any atom is -0.400 e. The highest BCUT2D eigenvalue weighted by Gasteiger charge is 2.36. The lowest BCUT2D eigenvalue weighted by Crippen LogP contribution is -2.54. The van der Waals surface area contributed by atoms with Crippen LogP contribution in [0.15, 0.2) is 41.1 Å². The number of allylic oxidation sites excluding steroid dienone is 3. The SMILES string of the molecule is C=C(C)N1CCN(C2CC(CN3C=CN=C(F)/C3=C(\C)N)C2)CC1.CC.CC. The van der Waals surface area contributed by atoms with Crippen LogP contribution in [0.3, 0.4) is 0 Å². The van der Waals surface area contributed by atoms with Gasteiger partial charge in [-0.25, -0.2) is 4.99 Å². The Hall–Kier alpha value is -1.82. The van der Waals surface area contributed by atoms with Gasteiger partial charge in [-0.3, -0.25) is 4.90 Å². The maximum absolute atomic E-state index is 13.9. The zero-order valence-electron chi connectivity index (χ0n) is 18.7. The van der Waals surface area contributed by atoms with Crippen molar-refractivity contribution in [2.24, 2.45) is 16.6 Å². The first-order chi connectivity index (χ1) is 13.5. The Morgan fingerprint density at radius 2 is 1.71 bits per heavy atom. The van der Waals surface area contributed by atoms with Crippen molar-refractivity contribution < 1.29 is 4.39 Å². The molecular formula is C22H40FN5.